The van der Waals surface area contributed by atoms with Crippen molar-refractivity contribution in [1.82, 2.24) is 0 Å². The monoisotopic (exact) mass is 260 g/mol. The van der Waals surface area contributed by atoms with Gasteiger partial charge in [-0.2, -0.15) is 0 Å². The number of rotatable bonds is 5. The minimum Gasteiger partial charge on any atom is -0.497 e. The van der Waals surface area contributed by atoms with E-state index in [-0.39, 0.29) is 18.2 Å². The van der Waals surface area contributed by atoms with Gasteiger partial charge in [0.15, 0.2) is 12.4 Å². The second-order valence-electron chi connectivity index (χ2n) is 3.90. The van der Waals surface area contributed by atoms with Gasteiger partial charge in [0.2, 0.25) is 0 Å². The third-order valence-electron chi connectivity index (χ3n) is 2.58. The van der Waals surface area contributed by atoms with E-state index in [4.69, 9.17) is 9.47 Å². The predicted octanol–water partition coefficient (Wildman–Crippen LogP) is 3.10. The highest BCUT2D eigenvalue weighted by Crippen LogP contribution is 2.19. The summed E-state index contributed by atoms with van der Waals surface area (Å²) in [7, 11) is 1.56. The van der Waals surface area contributed by atoms with E-state index >= 15 is 0 Å². The molecule has 2 aromatic rings. The van der Waals surface area contributed by atoms with E-state index in [1.165, 1.54) is 24.3 Å². The molecule has 0 saturated carbocycles. The Morgan fingerprint density at radius 3 is 2.47 bits per heavy atom. The number of ether oxygens (including phenoxy) is 2. The Balaban J connectivity index is 1.98. The van der Waals surface area contributed by atoms with Crippen LogP contribution in [0.1, 0.15) is 10.4 Å². The largest absolute Gasteiger partial charge is 0.497 e. The first-order valence-electron chi connectivity index (χ1n) is 5.74. The van der Waals surface area contributed by atoms with Crippen molar-refractivity contribution >= 4 is 5.78 Å². The molecule has 0 bridgehead atoms. The number of carbonyl (C=O) groups is 1. The number of hydrogen-bond donors (Lipinski definition) is 0. The molecular formula is C15H13FO3. The van der Waals surface area contributed by atoms with Crippen molar-refractivity contribution in [2.24, 2.45) is 0 Å². The molecule has 0 heterocycles. The molecule has 2 aromatic carbocycles. The Hall–Kier alpha value is -2.36. The van der Waals surface area contributed by atoms with Crippen LogP contribution in [-0.4, -0.2) is 19.5 Å². The fourth-order valence-electron chi connectivity index (χ4n) is 1.56. The quantitative estimate of drug-likeness (QED) is 0.775. The molecule has 0 aliphatic rings. The van der Waals surface area contributed by atoms with Gasteiger partial charge in [-0.1, -0.05) is 6.07 Å². The minimum absolute atomic E-state index is 0.0984. The van der Waals surface area contributed by atoms with Crippen molar-refractivity contribution in [1.29, 1.82) is 0 Å². The second-order valence-corrected chi connectivity index (χ2v) is 3.90. The van der Waals surface area contributed by atoms with Crippen LogP contribution in [0.3, 0.4) is 0 Å². The third kappa shape index (κ3) is 3.55. The molecule has 2 rings (SSSR count). The zero-order valence-electron chi connectivity index (χ0n) is 10.4. The van der Waals surface area contributed by atoms with Crippen LogP contribution in [0.5, 0.6) is 11.5 Å². The fourth-order valence-corrected chi connectivity index (χ4v) is 1.56. The Kier molecular flexibility index (Phi) is 4.13. The molecule has 98 valence electrons. The number of halogens is 1. The molecule has 0 aliphatic heterocycles. The third-order valence-corrected chi connectivity index (χ3v) is 2.58. The van der Waals surface area contributed by atoms with Gasteiger partial charge in [0, 0.05) is 11.6 Å². The molecule has 0 N–H and O–H groups in total. The molecule has 0 amide bonds. The van der Waals surface area contributed by atoms with E-state index in [0.717, 1.165) is 0 Å². The summed E-state index contributed by atoms with van der Waals surface area (Å²) in [6.45, 7) is -0.0984. The number of benzene rings is 2. The summed E-state index contributed by atoms with van der Waals surface area (Å²) in [5.74, 6) is 0.634. The summed E-state index contributed by atoms with van der Waals surface area (Å²) >= 11 is 0. The van der Waals surface area contributed by atoms with E-state index in [9.17, 15) is 9.18 Å². The number of hydrogen-bond acceptors (Lipinski definition) is 3. The summed E-state index contributed by atoms with van der Waals surface area (Å²) in [6.07, 6.45) is 0. The summed E-state index contributed by atoms with van der Waals surface area (Å²) in [5.41, 5.74) is 0.421. The second kappa shape index (κ2) is 6.00. The molecule has 0 radical (unpaired) electrons. The van der Waals surface area contributed by atoms with E-state index in [1.807, 2.05) is 0 Å². The lowest BCUT2D eigenvalue weighted by atomic mass is 10.1. The van der Waals surface area contributed by atoms with Gasteiger partial charge in [0.05, 0.1) is 7.11 Å². The summed E-state index contributed by atoms with van der Waals surface area (Å²) < 4.78 is 23.2. The molecular weight excluding hydrogens is 247 g/mol. The Labute approximate surface area is 110 Å². The maximum atomic E-state index is 12.7. The first-order chi connectivity index (χ1) is 9.19. The van der Waals surface area contributed by atoms with Gasteiger partial charge >= 0.3 is 0 Å². The van der Waals surface area contributed by atoms with Crippen molar-refractivity contribution < 1.29 is 18.7 Å². The van der Waals surface area contributed by atoms with Crippen LogP contribution >= 0.6 is 0 Å². The SMILES string of the molecule is COc1cccc(OCC(=O)c2ccc(F)cc2)c1. The number of Topliss-reactive ketones (excluding diaryl/α,β-unsaturated/α-hetero) is 1. The first kappa shape index (κ1) is 13.1. The highest BCUT2D eigenvalue weighted by atomic mass is 19.1. The molecule has 0 aromatic heterocycles. The van der Waals surface area contributed by atoms with E-state index in [2.05, 4.69) is 0 Å². The van der Waals surface area contributed by atoms with E-state index in [0.29, 0.717) is 17.1 Å². The van der Waals surface area contributed by atoms with Crippen LogP contribution in [0.2, 0.25) is 0 Å². The normalized spacial score (nSPS) is 10.0. The van der Waals surface area contributed by atoms with Crippen molar-refractivity contribution in [3.8, 4) is 11.5 Å². The van der Waals surface area contributed by atoms with Gasteiger partial charge in [0.25, 0.3) is 0 Å². The highest BCUT2D eigenvalue weighted by molar-refractivity contribution is 5.97. The lowest BCUT2D eigenvalue weighted by molar-refractivity contribution is 0.0921. The smallest absolute Gasteiger partial charge is 0.200 e. The lowest BCUT2D eigenvalue weighted by Gasteiger charge is -2.07. The Morgan fingerprint density at radius 2 is 1.79 bits per heavy atom. The van der Waals surface area contributed by atoms with Crippen LogP contribution in [0.4, 0.5) is 4.39 Å². The molecule has 0 unspecified atom stereocenters. The maximum Gasteiger partial charge on any atom is 0.200 e. The molecule has 0 spiro atoms. The average molecular weight is 260 g/mol. The zero-order valence-corrected chi connectivity index (χ0v) is 10.4. The first-order valence-corrected chi connectivity index (χ1v) is 5.74. The molecule has 3 nitrogen and oxygen atoms in total. The van der Waals surface area contributed by atoms with Gasteiger partial charge in [-0.25, -0.2) is 4.39 Å². The summed E-state index contributed by atoms with van der Waals surface area (Å²) in [5, 5.41) is 0. The number of methoxy groups -OCH3 is 1. The molecule has 0 atom stereocenters. The van der Waals surface area contributed by atoms with Gasteiger partial charge in [-0.05, 0) is 36.4 Å². The lowest BCUT2D eigenvalue weighted by Crippen LogP contribution is -2.11. The average Bonchev–Trinajstić information content (AvgIpc) is 2.46. The fraction of sp³-hybridized carbons (Fsp3) is 0.133. The summed E-state index contributed by atoms with van der Waals surface area (Å²) in [6, 6.07) is 12.4. The number of carbonyl (C=O) groups excluding carboxylic acids is 1. The van der Waals surface area contributed by atoms with Crippen molar-refractivity contribution in [3.05, 3.63) is 59.9 Å². The molecule has 0 aliphatic carbocycles. The van der Waals surface area contributed by atoms with Crippen molar-refractivity contribution in [3.63, 3.8) is 0 Å². The standard InChI is InChI=1S/C15H13FO3/c1-18-13-3-2-4-14(9-13)19-10-15(17)11-5-7-12(16)8-6-11/h2-9H,10H2,1H3. The molecule has 0 fully saturated rings. The van der Waals surface area contributed by atoms with Gasteiger partial charge in [0.1, 0.15) is 17.3 Å². The van der Waals surface area contributed by atoms with Crippen LogP contribution in [0, 0.1) is 5.82 Å². The highest BCUT2D eigenvalue weighted by Gasteiger charge is 2.07. The van der Waals surface area contributed by atoms with E-state index in [1.54, 1.807) is 31.4 Å². The van der Waals surface area contributed by atoms with Crippen LogP contribution in [0.15, 0.2) is 48.5 Å². The van der Waals surface area contributed by atoms with E-state index < -0.39 is 0 Å². The predicted molar refractivity (Wildman–Crippen MR) is 69.2 cm³/mol. The van der Waals surface area contributed by atoms with Gasteiger partial charge in [-0.3, -0.25) is 4.79 Å². The number of ketones is 1. The summed E-state index contributed by atoms with van der Waals surface area (Å²) in [4.78, 5) is 11.8. The van der Waals surface area contributed by atoms with Gasteiger partial charge in [-0.15, -0.1) is 0 Å². The van der Waals surface area contributed by atoms with Crippen LogP contribution in [-0.2, 0) is 0 Å². The van der Waals surface area contributed by atoms with Crippen LogP contribution < -0.4 is 9.47 Å². The maximum absolute atomic E-state index is 12.7. The minimum atomic E-state index is -0.370. The Bertz CT molecular complexity index is 564. The molecule has 19 heavy (non-hydrogen) atoms. The Morgan fingerprint density at radius 1 is 1.11 bits per heavy atom. The van der Waals surface area contributed by atoms with Crippen molar-refractivity contribution in [2.45, 2.75) is 0 Å². The topological polar surface area (TPSA) is 35.5 Å². The van der Waals surface area contributed by atoms with Crippen LogP contribution in [0.25, 0.3) is 0 Å². The van der Waals surface area contributed by atoms with Gasteiger partial charge < -0.3 is 9.47 Å². The molecule has 0 saturated heterocycles. The zero-order chi connectivity index (χ0) is 13.7. The molecule has 4 heteroatoms. The van der Waals surface area contributed by atoms with Crippen molar-refractivity contribution in [2.75, 3.05) is 13.7 Å².